The number of para-hydroxylation sites is 1. The Morgan fingerprint density at radius 1 is 0.795 bits per heavy atom. The van der Waals surface area contributed by atoms with Gasteiger partial charge in [0.1, 0.15) is 17.5 Å². The van der Waals surface area contributed by atoms with Crippen LogP contribution in [0.25, 0.3) is 0 Å². The zero-order valence-corrected chi connectivity index (χ0v) is 24.0. The Hall–Kier alpha value is -4.97. The summed E-state index contributed by atoms with van der Waals surface area (Å²) in [5.41, 5.74) is 2.87. The summed E-state index contributed by atoms with van der Waals surface area (Å²) in [6, 6.07) is 26.4. The van der Waals surface area contributed by atoms with E-state index in [1.54, 1.807) is 36.4 Å². The predicted molar refractivity (Wildman–Crippen MR) is 160 cm³/mol. The first-order valence-electron chi connectivity index (χ1n) is 13.3. The third kappa shape index (κ3) is 9.53. The second-order valence-corrected chi connectivity index (χ2v) is 10.5. The van der Waals surface area contributed by atoms with Gasteiger partial charge in [-0.15, -0.1) is 0 Å². The van der Waals surface area contributed by atoms with E-state index in [0.717, 1.165) is 34.8 Å². The number of carboxylic acid groups (broad SMARTS) is 1. The molecule has 3 N–H and O–H groups in total. The molecule has 0 saturated heterocycles. The number of halogens is 3. The summed E-state index contributed by atoms with van der Waals surface area (Å²) in [7, 11) is 0. The van der Waals surface area contributed by atoms with Crippen molar-refractivity contribution in [3.05, 3.63) is 131 Å². The summed E-state index contributed by atoms with van der Waals surface area (Å²) in [4.78, 5) is 38.2. The van der Waals surface area contributed by atoms with Crippen molar-refractivity contribution in [1.82, 2.24) is 15.8 Å². The van der Waals surface area contributed by atoms with E-state index in [-0.39, 0.29) is 17.9 Å². The van der Waals surface area contributed by atoms with Crippen LogP contribution in [0.3, 0.4) is 0 Å². The van der Waals surface area contributed by atoms with Gasteiger partial charge in [-0.3, -0.25) is 10.2 Å². The Morgan fingerprint density at radius 2 is 1.39 bits per heavy atom. The highest BCUT2D eigenvalue weighted by Gasteiger charge is 2.30. The fourth-order valence-electron chi connectivity index (χ4n) is 3.90. The largest absolute Gasteiger partial charge is 0.480 e. The number of ether oxygens (including phenoxy) is 1. The van der Waals surface area contributed by atoms with E-state index in [4.69, 9.17) is 4.74 Å². The summed E-state index contributed by atoms with van der Waals surface area (Å²) in [5.74, 6) is -0.423. The highest BCUT2D eigenvalue weighted by molar-refractivity contribution is 7.98. The molecular formula is C32H28F3N3O5S. The van der Waals surface area contributed by atoms with Crippen LogP contribution in [0.2, 0.25) is 0 Å². The van der Waals surface area contributed by atoms with Crippen LogP contribution in [0.4, 0.5) is 18.0 Å². The van der Waals surface area contributed by atoms with Crippen LogP contribution in [0.15, 0.2) is 109 Å². The lowest BCUT2D eigenvalue weighted by Crippen LogP contribution is -2.54. The molecule has 12 heteroatoms. The summed E-state index contributed by atoms with van der Waals surface area (Å²) in [6.07, 6.45) is -4.58. The van der Waals surface area contributed by atoms with Crippen LogP contribution >= 0.6 is 11.8 Å². The summed E-state index contributed by atoms with van der Waals surface area (Å²) in [5, 5.41) is 13.1. The van der Waals surface area contributed by atoms with Crippen molar-refractivity contribution in [2.24, 2.45) is 0 Å². The molecule has 0 bridgehead atoms. The Balaban J connectivity index is 1.48. The number of benzene rings is 4. The normalized spacial score (nSPS) is 11.7. The number of alkyl halides is 3. The van der Waals surface area contributed by atoms with E-state index in [1.807, 2.05) is 48.5 Å². The zero-order chi connectivity index (χ0) is 31.5. The quantitative estimate of drug-likeness (QED) is 0.160. The average Bonchev–Trinajstić information content (AvgIpc) is 3.01. The van der Waals surface area contributed by atoms with Gasteiger partial charge in [-0.1, -0.05) is 60.7 Å². The predicted octanol–water partition coefficient (Wildman–Crippen LogP) is 6.74. The molecule has 8 nitrogen and oxygen atoms in total. The maximum atomic E-state index is 13.3. The fourth-order valence-corrected chi connectivity index (χ4v) is 4.91. The maximum Gasteiger partial charge on any atom is 0.416 e. The number of urea groups is 1. The van der Waals surface area contributed by atoms with Gasteiger partial charge in [-0.2, -0.15) is 24.9 Å². The monoisotopic (exact) mass is 623 g/mol. The van der Waals surface area contributed by atoms with Crippen LogP contribution in [-0.4, -0.2) is 39.8 Å². The van der Waals surface area contributed by atoms with E-state index >= 15 is 0 Å². The Morgan fingerprint density at radius 3 is 1.98 bits per heavy atom. The minimum absolute atomic E-state index is 0.0438. The van der Waals surface area contributed by atoms with Crippen LogP contribution < -0.4 is 15.5 Å². The number of carbonyl (C=O) groups is 3. The summed E-state index contributed by atoms with van der Waals surface area (Å²) >= 11 is 1.31. The van der Waals surface area contributed by atoms with Crippen LogP contribution in [0.1, 0.15) is 27.0 Å². The molecule has 0 aliphatic carbocycles. The van der Waals surface area contributed by atoms with Gasteiger partial charge >= 0.3 is 18.2 Å². The third-order valence-corrected chi connectivity index (χ3v) is 7.30. The molecule has 4 rings (SSSR count). The molecule has 0 fully saturated rings. The van der Waals surface area contributed by atoms with Gasteiger partial charge in [0.15, 0.2) is 0 Å². The number of rotatable bonds is 11. The van der Waals surface area contributed by atoms with Gasteiger partial charge in [-0.25, -0.2) is 14.6 Å². The van der Waals surface area contributed by atoms with Gasteiger partial charge in [-0.05, 0) is 59.7 Å². The standard InChI is InChI=1S/C32H28F3N3O5S/c33-32(34,35)25-15-13-24(14-16-25)29(39)37-38(19-22-11-17-27(18-12-22)43-26-9-5-2-6-10-26)31(42)36-28(30(40)41)21-44-20-23-7-3-1-4-8-23/h1-18,28H,19-21H2,(H,36,42)(H,37,39)(H,40,41)/t28-/m0/s1. The first-order valence-corrected chi connectivity index (χ1v) is 14.5. The van der Waals surface area contributed by atoms with Gasteiger partial charge in [0.2, 0.25) is 0 Å². The van der Waals surface area contributed by atoms with Crippen molar-refractivity contribution in [2.45, 2.75) is 24.5 Å². The number of aliphatic carboxylic acids is 1. The number of carbonyl (C=O) groups excluding carboxylic acids is 2. The van der Waals surface area contributed by atoms with Crippen molar-refractivity contribution in [1.29, 1.82) is 0 Å². The molecule has 0 aliphatic rings. The van der Waals surface area contributed by atoms with Crippen molar-refractivity contribution in [3.8, 4) is 11.5 Å². The molecule has 44 heavy (non-hydrogen) atoms. The van der Waals surface area contributed by atoms with Gasteiger partial charge in [0.25, 0.3) is 5.91 Å². The molecule has 3 amide bonds. The SMILES string of the molecule is O=C(NN(Cc1ccc(Oc2ccccc2)cc1)C(=O)N[C@@H](CSCc1ccccc1)C(=O)O)c1ccc(C(F)(F)F)cc1. The summed E-state index contributed by atoms with van der Waals surface area (Å²) in [6.45, 7) is -0.187. The molecule has 0 saturated carbocycles. The van der Waals surface area contributed by atoms with Crippen molar-refractivity contribution in [2.75, 3.05) is 5.75 Å². The number of hydrogen-bond acceptors (Lipinski definition) is 5. The minimum atomic E-state index is -4.58. The van der Waals surface area contributed by atoms with Crippen molar-refractivity contribution >= 4 is 29.7 Å². The second-order valence-electron chi connectivity index (χ2n) is 9.50. The first kappa shape index (κ1) is 32.0. The van der Waals surface area contributed by atoms with E-state index in [0.29, 0.717) is 22.8 Å². The average molecular weight is 624 g/mol. The minimum Gasteiger partial charge on any atom is -0.480 e. The molecule has 228 valence electrons. The van der Waals surface area contributed by atoms with Gasteiger partial charge in [0.05, 0.1) is 12.1 Å². The molecule has 4 aromatic rings. The van der Waals surface area contributed by atoms with E-state index < -0.39 is 35.7 Å². The molecule has 1 atom stereocenters. The van der Waals surface area contributed by atoms with Crippen molar-refractivity contribution < 1.29 is 37.4 Å². The van der Waals surface area contributed by atoms with Crippen LogP contribution in [-0.2, 0) is 23.3 Å². The number of amides is 3. The number of carboxylic acids is 1. The zero-order valence-electron chi connectivity index (χ0n) is 23.2. The van der Waals surface area contributed by atoms with E-state index in [1.165, 1.54) is 11.8 Å². The molecule has 0 unspecified atom stereocenters. The third-order valence-electron chi connectivity index (χ3n) is 6.19. The van der Waals surface area contributed by atoms with Crippen LogP contribution in [0, 0.1) is 0 Å². The molecule has 4 aromatic carbocycles. The van der Waals surface area contributed by atoms with Gasteiger partial charge < -0.3 is 15.2 Å². The number of hydrogen-bond donors (Lipinski definition) is 3. The molecule has 0 heterocycles. The lowest BCUT2D eigenvalue weighted by molar-refractivity contribution is -0.139. The highest BCUT2D eigenvalue weighted by atomic mass is 32.2. The Bertz CT molecular complexity index is 1540. The highest BCUT2D eigenvalue weighted by Crippen LogP contribution is 2.29. The fraction of sp³-hybridized carbons (Fsp3) is 0.156. The Kier molecular flexibility index (Phi) is 10.9. The number of nitrogens with zero attached hydrogens (tertiary/aromatic N) is 1. The first-order chi connectivity index (χ1) is 21.1. The van der Waals surface area contributed by atoms with Crippen LogP contribution in [0.5, 0.6) is 11.5 Å². The van der Waals surface area contributed by atoms with E-state index in [2.05, 4.69) is 10.7 Å². The van der Waals surface area contributed by atoms with Crippen molar-refractivity contribution in [3.63, 3.8) is 0 Å². The number of nitrogens with one attached hydrogen (secondary N) is 2. The number of hydrazine groups is 1. The van der Waals surface area contributed by atoms with Gasteiger partial charge in [0, 0.05) is 17.1 Å². The lowest BCUT2D eigenvalue weighted by atomic mass is 10.1. The summed E-state index contributed by atoms with van der Waals surface area (Å²) < 4.78 is 44.7. The molecule has 0 spiro atoms. The maximum absolute atomic E-state index is 13.3. The smallest absolute Gasteiger partial charge is 0.416 e. The Labute approximate surface area is 255 Å². The molecular weight excluding hydrogens is 595 g/mol. The number of thioether (sulfide) groups is 1. The molecule has 0 radical (unpaired) electrons. The van der Waals surface area contributed by atoms with E-state index in [9.17, 15) is 32.7 Å². The lowest BCUT2D eigenvalue weighted by Gasteiger charge is -2.26. The molecule has 0 aromatic heterocycles. The topological polar surface area (TPSA) is 108 Å². The molecule has 0 aliphatic heterocycles. The second kappa shape index (κ2) is 15.0.